The number of amides is 1. The molecular weight excluding hydrogens is 158 g/mol. The van der Waals surface area contributed by atoms with Crippen molar-refractivity contribution >= 4 is 12.4 Å². The van der Waals surface area contributed by atoms with E-state index in [9.17, 15) is 9.59 Å². The van der Waals surface area contributed by atoms with Gasteiger partial charge in [-0.05, 0) is 12.8 Å². The second kappa shape index (κ2) is 3.56. The molecule has 68 valence electrons. The van der Waals surface area contributed by atoms with Crippen LogP contribution >= 0.6 is 0 Å². The summed E-state index contributed by atoms with van der Waals surface area (Å²) in [7, 11) is 0. The highest BCUT2D eigenvalue weighted by atomic mass is 16.4. The van der Waals surface area contributed by atoms with E-state index < -0.39 is 11.5 Å². The standard InChI is InChI=1S/C8H13NO3/c10-6-9-8(5-7(11)12)3-1-2-4-8/h6H,1-5H2,(H,9,10)(H,11,12). The maximum Gasteiger partial charge on any atom is 0.305 e. The Morgan fingerprint density at radius 2 is 2.08 bits per heavy atom. The molecule has 1 amide bonds. The lowest BCUT2D eigenvalue weighted by Crippen LogP contribution is -2.43. The molecule has 0 saturated heterocycles. The fourth-order valence-corrected chi connectivity index (χ4v) is 1.84. The molecule has 1 saturated carbocycles. The molecule has 1 fully saturated rings. The van der Waals surface area contributed by atoms with Gasteiger partial charge in [0.2, 0.25) is 6.41 Å². The molecule has 0 heterocycles. The van der Waals surface area contributed by atoms with Crippen molar-refractivity contribution in [3.8, 4) is 0 Å². The van der Waals surface area contributed by atoms with E-state index in [1.807, 2.05) is 0 Å². The molecule has 2 N–H and O–H groups in total. The first-order valence-corrected chi connectivity index (χ1v) is 4.12. The van der Waals surface area contributed by atoms with Crippen LogP contribution in [0.15, 0.2) is 0 Å². The summed E-state index contributed by atoms with van der Waals surface area (Å²) in [5.41, 5.74) is -0.451. The van der Waals surface area contributed by atoms with Crippen LogP contribution in [0.5, 0.6) is 0 Å². The van der Waals surface area contributed by atoms with E-state index in [0.29, 0.717) is 6.41 Å². The number of nitrogens with one attached hydrogen (secondary N) is 1. The Bertz CT molecular complexity index is 185. The fraction of sp³-hybridized carbons (Fsp3) is 0.750. The number of carboxylic acid groups (broad SMARTS) is 1. The summed E-state index contributed by atoms with van der Waals surface area (Å²) in [6.45, 7) is 0. The van der Waals surface area contributed by atoms with E-state index >= 15 is 0 Å². The quantitative estimate of drug-likeness (QED) is 0.606. The SMILES string of the molecule is O=CNC1(CC(=O)O)CCCC1. The van der Waals surface area contributed by atoms with Gasteiger partial charge in [0.05, 0.1) is 12.0 Å². The van der Waals surface area contributed by atoms with Gasteiger partial charge in [0.15, 0.2) is 0 Å². The van der Waals surface area contributed by atoms with Crippen LogP contribution in [0.1, 0.15) is 32.1 Å². The molecule has 0 aromatic carbocycles. The minimum absolute atomic E-state index is 0.0474. The van der Waals surface area contributed by atoms with Crippen molar-refractivity contribution in [2.45, 2.75) is 37.6 Å². The van der Waals surface area contributed by atoms with E-state index in [1.165, 1.54) is 0 Å². The average Bonchev–Trinajstić information content (AvgIpc) is 2.36. The van der Waals surface area contributed by atoms with E-state index in [-0.39, 0.29) is 6.42 Å². The molecule has 1 aliphatic carbocycles. The van der Waals surface area contributed by atoms with Crippen molar-refractivity contribution in [3.05, 3.63) is 0 Å². The Labute approximate surface area is 71.0 Å². The smallest absolute Gasteiger partial charge is 0.305 e. The number of carboxylic acids is 1. The highest BCUT2D eigenvalue weighted by Gasteiger charge is 2.35. The lowest BCUT2D eigenvalue weighted by Gasteiger charge is -2.25. The lowest BCUT2D eigenvalue weighted by atomic mass is 9.94. The van der Waals surface area contributed by atoms with Gasteiger partial charge in [0, 0.05) is 0 Å². The summed E-state index contributed by atoms with van der Waals surface area (Å²) in [5, 5.41) is 11.2. The molecule has 4 nitrogen and oxygen atoms in total. The van der Waals surface area contributed by atoms with Crippen LogP contribution in [-0.4, -0.2) is 23.0 Å². The van der Waals surface area contributed by atoms with E-state index in [0.717, 1.165) is 25.7 Å². The summed E-state index contributed by atoms with van der Waals surface area (Å²) in [5.74, 6) is -0.841. The van der Waals surface area contributed by atoms with Gasteiger partial charge >= 0.3 is 5.97 Å². The topological polar surface area (TPSA) is 66.4 Å². The molecule has 1 rings (SSSR count). The maximum atomic E-state index is 10.5. The van der Waals surface area contributed by atoms with Crippen molar-refractivity contribution in [1.82, 2.24) is 5.32 Å². The van der Waals surface area contributed by atoms with Crippen molar-refractivity contribution < 1.29 is 14.7 Å². The van der Waals surface area contributed by atoms with Gasteiger partial charge in [0.1, 0.15) is 0 Å². The molecule has 12 heavy (non-hydrogen) atoms. The molecule has 0 aliphatic heterocycles. The molecular formula is C8H13NO3. The normalized spacial score (nSPS) is 20.3. The first-order chi connectivity index (χ1) is 5.68. The summed E-state index contributed by atoms with van der Waals surface area (Å²) in [6.07, 6.45) is 4.25. The highest BCUT2D eigenvalue weighted by Crippen LogP contribution is 2.31. The van der Waals surface area contributed by atoms with Crippen molar-refractivity contribution in [3.63, 3.8) is 0 Å². The van der Waals surface area contributed by atoms with Gasteiger partial charge in [-0.15, -0.1) is 0 Å². The monoisotopic (exact) mass is 171 g/mol. The van der Waals surface area contributed by atoms with Crippen LogP contribution in [0.25, 0.3) is 0 Å². The molecule has 4 heteroatoms. The van der Waals surface area contributed by atoms with Gasteiger partial charge in [-0.25, -0.2) is 0 Å². The van der Waals surface area contributed by atoms with Crippen molar-refractivity contribution in [1.29, 1.82) is 0 Å². The zero-order valence-electron chi connectivity index (χ0n) is 6.88. The number of hydrogen-bond acceptors (Lipinski definition) is 2. The fourth-order valence-electron chi connectivity index (χ4n) is 1.84. The summed E-state index contributed by atoms with van der Waals surface area (Å²) >= 11 is 0. The minimum atomic E-state index is -0.841. The van der Waals surface area contributed by atoms with Crippen LogP contribution in [-0.2, 0) is 9.59 Å². The van der Waals surface area contributed by atoms with Crippen molar-refractivity contribution in [2.24, 2.45) is 0 Å². The zero-order valence-corrected chi connectivity index (χ0v) is 6.88. The van der Waals surface area contributed by atoms with Gasteiger partial charge in [-0.2, -0.15) is 0 Å². The number of hydrogen-bond donors (Lipinski definition) is 2. The zero-order chi connectivity index (χ0) is 9.03. The lowest BCUT2D eigenvalue weighted by molar-refractivity contribution is -0.138. The van der Waals surface area contributed by atoms with Crippen LogP contribution in [0, 0.1) is 0 Å². The summed E-state index contributed by atoms with van der Waals surface area (Å²) in [6, 6.07) is 0. The molecule has 0 bridgehead atoms. The maximum absolute atomic E-state index is 10.5. The van der Waals surface area contributed by atoms with Crippen LogP contribution in [0.3, 0.4) is 0 Å². The van der Waals surface area contributed by atoms with Crippen LogP contribution < -0.4 is 5.32 Å². The van der Waals surface area contributed by atoms with Gasteiger partial charge in [0.25, 0.3) is 0 Å². The predicted molar refractivity (Wildman–Crippen MR) is 42.7 cm³/mol. The second-order valence-electron chi connectivity index (χ2n) is 3.32. The number of aliphatic carboxylic acids is 1. The summed E-state index contributed by atoms with van der Waals surface area (Å²) < 4.78 is 0. The molecule has 0 radical (unpaired) electrons. The highest BCUT2D eigenvalue weighted by molar-refractivity contribution is 5.69. The third-order valence-corrected chi connectivity index (χ3v) is 2.42. The third-order valence-electron chi connectivity index (χ3n) is 2.42. The van der Waals surface area contributed by atoms with Gasteiger partial charge in [-0.1, -0.05) is 12.8 Å². The van der Waals surface area contributed by atoms with Gasteiger partial charge in [-0.3, -0.25) is 9.59 Å². The van der Waals surface area contributed by atoms with Crippen LogP contribution in [0.4, 0.5) is 0 Å². The van der Waals surface area contributed by atoms with Crippen molar-refractivity contribution in [2.75, 3.05) is 0 Å². The Morgan fingerprint density at radius 3 is 2.50 bits per heavy atom. The Kier molecular flexibility index (Phi) is 2.68. The minimum Gasteiger partial charge on any atom is -0.481 e. The third kappa shape index (κ3) is 1.96. The molecule has 0 atom stereocenters. The Hall–Kier alpha value is -1.06. The number of rotatable bonds is 4. The molecule has 1 aliphatic rings. The first-order valence-electron chi connectivity index (χ1n) is 4.12. The van der Waals surface area contributed by atoms with E-state index in [4.69, 9.17) is 5.11 Å². The second-order valence-corrected chi connectivity index (χ2v) is 3.32. The molecule has 0 aromatic rings. The summed E-state index contributed by atoms with van der Waals surface area (Å²) in [4.78, 5) is 20.7. The number of carbonyl (C=O) groups is 2. The Morgan fingerprint density at radius 1 is 1.50 bits per heavy atom. The molecule has 0 unspecified atom stereocenters. The first kappa shape index (κ1) is 9.03. The van der Waals surface area contributed by atoms with Crippen LogP contribution in [0.2, 0.25) is 0 Å². The molecule has 0 aromatic heterocycles. The van der Waals surface area contributed by atoms with E-state index in [1.54, 1.807) is 0 Å². The number of carbonyl (C=O) groups excluding carboxylic acids is 1. The molecule has 0 spiro atoms. The van der Waals surface area contributed by atoms with E-state index in [2.05, 4.69) is 5.32 Å². The Balaban J connectivity index is 2.57. The predicted octanol–water partition coefficient (Wildman–Crippen LogP) is 0.520. The average molecular weight is 171 g/mol. The van der Waals surface area contributed by atoms with Gasteiger partial charge < -0.3 is 10.4 Å². The largest absolute Gasteiger partial charge is 0.481 e.